The molecule has 0 saturated heterocycles. The summed E-state index contributed by atoms with van der Waals surface area (Å²) in [5.41, 5.74) is -1.71. The average molecular weight is 571 g/mol. The monoisotopic (exact) mass is 570 g/mol. The van der Waals surface area contributed by atoms with Crippen LogP contribution in [0.15, 0.2) is 89.8 Å². The van der Waals surface area contributed by atoms with Crippen LogP contribution in [0.2, 0.25) is 0 Å². The number of hydrogen-bond donors (Lipinski definition) is 2. The molecule has 2 N–H and O–H groups in total. The van der Waals surface area contributed by atoms with E-state index < -0.39 is 39.2 Å². The molecule has 0 aliphatic carbocycles. The van der Waals surface area contributed by atoms with Crippen LogP contribution >= 0.6 is 0 Å². The average Bonchev–Trinajstić information content (AvgIpc) is 3.09. The van der Waals surface area contributed by atoms with Gasteiger partial charge in [-0.15, -0.1) is 13.2 Å². The Kier molecular flexibility index (Phi) is 6.44. The number of carbonyl (C=O) groups excluding carboxylic acids is 1. The summed E-state index contributed by atoms with van der Waals surface area (Å²) in [6, 6.07) is 20.6. The maximum absolute atomic E-state index is 14.0. The Morgan fingerprint density at radius 1 is 0.875 bits per heavy atom. The molecule has 0 saturated carbocycles. The number of rotatable bonds is 5. The van der Waals surface area contributed by atoms with Gasteiger partial charge in [0, 0.05) is 16.5 Å². The molecule has 1 heterocycles. The van der Waals surface area contributed by atoms with Gasteiger partial charge in [-0.2, -0.15) is 0 Å². The summed E-state index contributed by atoms with van der Waals surface area (Å²) in [6.45, 7) is 5.13. The van der Waals surface area contributed by atoms with E-state index in [0.29, 0.717) is 22.1 Å². The third-order valence-corrected chi connectivity index (χ3v) is 8.15. The van der Waals surface area contributed by atoms with Crippen molar-refractivity contribution in [3.8, 4) is 5.75 Å². The van der Waals surface area contributed by atoms with E-state index in [2.05, 4.69) is 9.46 Å². The lowest BCUT2D eigenvalue weighted by Crippen LogP contribution is -2.41. The van der Waals surface area contributed by atoms with Crippen LogP contribution in [0.1, 0.15) is 31.9 Å². The summed E-state index contributed by atoms with van der Waals surface area (Å²) >= 11 is 0. The molecule has 40 heavy (non-hydrogen) atoms. The van der Waals surface area contributed by atoms with Gasteiger partial charge in [0.15, 0.2) is 5.60 Å². The van der Waals surface area contributed by atoms with Crippen molar-refractivity contribution in [3.05, 3.63) is 96.1 Å². The largest absolute Gasteiger partial charge is 0.573 e. The van der Waals surface area contributed by atoms with Gasteiger partial charge in [0.05, 0.1) is 16.3 Å². The molecule has 1 atom stereocenters. The van der Waals surface area contributed by atoms with Crippen LogP contribution in [-0.2, 0) is 20.4 Å². The Hall–Kier alpha value is -3.93. The first kappa shape index (κ1) is 27.6. The Balaban J connectivity index is 1.59. The molecule has 1 unspecified atom stereocenters. The van der Waals surface area contributed by atoms with Gasteiger partial charge < -0.3 is 9.84 Å². The molecule has 1 amide bonds. The number of alkyl halides is 3. The Bertz CT molecular complexity index is 1730. The first-order valence-electron chi connectivity index (χ1n) is 12.2. The van der Waals surface area contributed by atoms with Gasteiger partial charge in [-0.3, -0.25) is 9.69 Å². The zero-order valence-electron chi connectivity index (χ0n) is 21.7. The van der Waals surface area contributed by atoms with Crippen molar-refractivity contribution >= 4 is 38.1 Å². The number of ether oxygens (including phenoxy) is 1. The van der Waals surface area contributed by atoms with Crippen molar-refractivity contribution in [1.82, 2.24) is 4.72 Å². The molecule has 1 aliphatic rings. The van der Waals surface area contributed by atoms with Gasteiger partial charge in [-0.25, -0.2) is 13.1 Å². The highest BCUT2D eigenvalue weighted by Crippen LogP contribution is 2.49. The highest BCUT2D eigenvalue weighted by molar-refractivity contribution is 7.89. The Labute approximate surface area is 228 Å². The maximum atomic E-state index is 14.0. The zero-order chi connectivity index (χ0) is 29.1. The lowest BCUT2D eigenvalue weighted by Gasteiger charge is -2.25. The Morgan fingerprint density at radius 2 is 1.52 bits per heavy atom. The maximum Gasteiger partial charge on any atom is 0.573 e. The van der Waals surface area contributed by atoms with E-state index in [4.69, 9.17) is 0 Å². The smallest absolute Gasteiger partial charge is 0.406 e. The van der Waals surface area contributed by atoms with E-state index in [0.717, 1.165) is 6.07 Å². The highest BCUT2D eigenvalue weighted by Gasteiger charge is 2.51. The second kappa shape index (κ2) is 9.33. The number of benzene rings is 4. The molecule has 7 nitrogen and oxygen atoms in total. The van der Waals surface area contributed by atoms with Crippen molar-refractivity contribution in [1.29, 1.82) is 0 Å². The van der Waals surface area contributed by atoms with Gasteiger partial charge in [0.1, 0.15) is 5.75 Å². The van der Waals surface area contributed by atoms with Gasteiger partial charge in [-0.1, -0.05) is 42.5 Å². The summed E-state index contributed by atoms with van der Waals surface area (Å²) in [6.07, 6.45) is -4.86. The molecule has 5 rings (SSSR count). The molecule has 0 radical (unpaired) electrons. The lowest BCUT2D eigenvalue weighted by atomic mass is 9.87. The number of fused-ring (bicyclic) bond motifs is 2. The minimum absolute atomic E-state index is 0.0312. The predicted molar refractivity (Wildman–Crippen MR) is 144 cm³/mol. The number of para-hydroxylation sites is 1. The molecule has 4 aromatic rings. The zero-order valence-corrected chi connectivity index (χ0v) is 22.5. The molecule has 0 fully saturated rings. The quantitative estimate of drug-likeness (QED) is 0.320. The molecule has 4 aromatic carbocycles. The molecule has 208 valence electrons. The normalized spacial score (nSPS) is 17.8. The fraction of sp³-hybridized carbons (Fsp3) is 0.207. The molecule has 0 spiro atoms. The van der Waals surface area contributed by atoms with Crippen LogP contribution < -0.4 is 14.4 Å². The number of anilines is 2. The number of nitrogens with zero attached hydrogens (tertiary/aromatic N) is 1. The lowest BCUT2D eigenvalue weighted by molar-refractivity contribution is -0.274. The number of halogens is 3. The van der Waals surface area contributed by atoms with Gasteiger partial charge in [0.2, 0.25) is 10.0 Å². The van der Waals surface area contributed by atoms with Crippen LogP contribution in [-0.4, -0.2) is 31.3 Å². The first-order valence-corrected chi connectivity index (χ1v) is 13.7. The first-order chi connectivity index (χ1) is 18.6. The van der Waals surface area contributed by atoms with Crippen LogP contribution in [0.5, 0.6) is 5.75 Å². The van der Waals surface area contributed by atoms with E-state index in [1.165, 1.54) is 41.3 Å². The number of aliphatic hydroxyl groups is 1. The van der Waals surface area contributed by atoms with Crippen molar-refractivity contribution in [2.45, 2.75) is 43.2 Å². The number of hydrogen-bond acceptors (Lipinski definition) is 5. The Morgan fingerprint density at radius 3 is 2.17 bits per heavy atom. The van der Waals surface area contributed by atoms with Crippen molar-refractivity contribution in [2.24, 2.45) is 0 Å². The van der Waals surface area contributed by atoms with E-state index in [1.807, 2.05) is 0 Å². The van der Waals surface area contributed by atoms with E-state index in [-0.39, 0.29) is 16.0 Å². The molecule has 1 aliphatic heterocycles. The SMILES string of the molecule is CC(C)(C)NS(=O)(=O)c1ccc(C2(O)C(=O)N(c3cccc4cc(OC(F)(F)F)ccc34)c3ccccc32)cc1. The second-order valence-electron chi connectivity index (χ2n) is 10.5. The molecule has 11 heteroatoms. The predicted octanol–water partition coefficient (Wildman–Crippen LogP) is 5.73. The van der Waals surface area contributed by atoms with Gasteiger partial charge in [-0.05, 0) is 74.2 Å². The minimum Gasteiger partial charge on any atom is -0.406 e. The number of amides is 1. The molecule has 0 bridgehead atoms. The molecular weight excluding hydrogens is 545 g/mol. The van der Waals surface area contributed by atoms with Crippen molar-refractivity contribution in [2.75, 3.05) is 4.90 Å². The van der Waals surface area contributed by atoms with Crippen molar-refractivity contribution in [3.63, 3.8) is 0 Å². The topological polar surface area (TPSA) is 95.9 Å². The highest BCUT2D eigenvalue weighted by atomic mass is 32.2. The fourth-order valence-electron chi connectivity index (χ4n) is 4.85. The van der Waals surface area contributed by atoms with Crippen LogP contribution in [0.3, 0.4) is 0 Å². The second-order valence-corrected chi connectivity index (χ2v) is 12.1. The summed E-state index contributed by atoms with van der Waals surface area (Å²) in [7, 11) is -3.85. The van der Waals surface area contributed by atoms with Crippen LogP contribution in [0, 0.1) is 0 Å². The fourth-order valence-corrected chi connectivity index (χ4v) is 6.27. The van der Waals surface area contributed by atoms with Gasteiger partial charge in [0.25, 0.3) is 5.91 Å². The van der Waals surface area contributed by atoms with E-state index >= 15 is 0 Å². The van der Waals surface area contributed by atoms with Gasteiger partial charge >= 0.3 is 6.36 Å². The third-order valence-electron chi connectivity index (χ3n) is 6.37. The van der Waals surface area contributed by atoms with Crippen LogP contribution in [0.4, 0.5) is 24.5 Å². The van der Waals surface area contributed by atoms with E-state index in [9.17, 15) is 31.5 Å². The molecular formula is C29H25F3N2O5S. The summed E-state index contributed by atoms with van der Waals surface area (Å²) in [5, 5.41) is 12.8. The van der Waals surface area contributed by atoms with Crippen molar-refractivity contribution < 1.29 is 36.2 Å². The summed E-state index contributed by atoms with van der Waals surface area (Å²) in [5.74, 6) is -1.13. The number of sulfonamides is 1. The molecule has 0 aromatic heterocycles. The standard InChI is InChI=1S/C29H25F3N2O5S/c1-27(2,3)33-40(37,38)21-14-11-19(12-15-21)28(36)23-8-4-5-9-25(23)34(26(28)35)24-10-6-7-18-17-20(13-16-22(18)24)39-29(30,31)32/h4-17,33,36H,1-3H3. The van der Waals surface area contributed by atoms with E-state index in [1.54, 1.807) is 63.2 Å². The minimum atomic E-state index is -4.86. The van der Waals surface area contributed by atoms with Crippen LogP contribution in [0.25, 0.3) is 10.8 Å². The summed E-state index contributed by atoms with van der Waals surface area (Å²) in [4.78, 5) is 15.3. The number of carbonyl (C=O) groups is 1. The third kappa shape index (κ3) is 4.91. The summed E-state index contributed by atoms with van der Waals surface area (Å²) < 4.78 is 70.4. The number of nitrogens with one attached hydrogen (secondary N) is 1.